The molecule has 6 heteroatoms. The second kappa shape index (κ2) is 6.91. The van der Waals surface area contributed by atoms with Crippen molar-refractivity contribution in [3.63, 3.8) is 0 Å². The van der Waals surface area contributed by atoms with Gasteiger partial charge in [0.05, 0.1) is 12.2 Å². The quantitative estimate of drug-likeness (QED) is 0.879. The molecule has 0 aliphatic rings. The maximum atomic E-state index is 10.9. The van der Waals surface area contributed by atoms with Crippen LogP contribution in [0.25, 0.3) is 0 Å². The summed E-state index contributed by atoms with van der Waals surface area (Å²) in [5.41, 5.74) is 0.845. The first kappa shape index (κ1) is 14.3. The van der Waals surface area contributed by atoms with Crippen LogP contribution in [0.4, 0.5) is 4.79 Å². The molecule has 1 unspecified atom stereocenters. The average Bonchev–Trinajstić information content (AvgIpc) is 2.44. The molecule has 20 heavy (non-hydrogen) atoms. The fraction of sp³-hybridized carbons (Fsp3) is 0.143. The summed E-state index contributed by atoms with van der Waals surface area (Å²) in [6, 6.07) is 10.6. The zero-order valence-electron chi connectivity index (χ0n) is 10.5. The molecule has 0 fully saturated rings. The Hall–Kier alpha value is -2.08. The summed E-state index contributed by atoms with van der Waals surface area (Å²) >= 11 is 3.30. The molecule has 2 aromatic rings. The van der Waals surface area contributed by atoms with Crippen molar-refractivity contribution < 1.29 is 14.6 Å². The zero-order chi connectivity index (χ0) is 14.4. The number of benzene rings is 1. The van der Waals surface area contributed by atoms with Crippen LogP contribution < -0.4 is 10.1 Å². The summed E-state index contributed by atoms with van der Waals surface area (Å²) in [4.78, 5) is 14.8. The fourth-order valence-corrected chi connectivity index (χ4v) is 2.05. The number of nitrogens with zero attached hydrogens (tertiary/aromatic N) is 1. The third-order valence-electron chi connectivity index (χ3n) is 2.60. The minimum Gasteiger partial charge on any atom is -0.489 e. The van der Waals surface area contributed by atoms with Crippen LogP contribution in [0.2, 0.25) is 0 Å². The number of carboxylic acid groups (broad SMARTS) is 1. The van der Waals surface area contributed by atoms with E-state index in [9.17, 15) is 4.79 Å². The Bertz CT molecular complexity index is 578. The first-order valence-electron chi connectivity index (χ1n) is 5.93. The van der Waals surface area contributed by atoms with Crippen molar-refractivity contribution in [3.8, 4) is 5.75 Å². The van der Waals surface area contributed by atoms with E-state index in [0.29, 0.717) is 5.75 Å². The van der Waals surface area contributed by atoms with Gasteiger partial charge in [0.2, 0.25) is 0 Å². The Morgan fingerprint density at radius 1 is 1.35 bits per heavy atom. The molecular weight excluding hydrogens is 324 g/mol. The van der Waals surface area contributed by atoms with Crippen LogP contribution in [0.3, 0.4) is 0 Å². The molecule has 1 amide bonds. The van der Waals surface area contributed by atoms with E-state index in [1.807, 2.05) is 30.3 Å². The summed E-state index contributed by atoms with van der Waals surface area (Å²) in [6.45, 7) is 0.189. The highest BCUT2D eigenvalue weighted by Gasteiger charge is 2.14. The zero-order valence-corrected chi connectivity index (χ0v) is 12.1. The van der Waals surface area contributed by atoms with Gasteiger partial charge in [-0.3, -0.25) is 4.98 Å². The second-order valence-corrected chi connectivity index (χ2v) is 4.98. The predicted octanol–water partition coefficient (Wildman–Crippen LogP) is 3.23. The molecule has 1 heterocycles. The summed E-state index contributed by atoms with van der Waals surface area (Å²) in [5.74, 6) is 0.576. The summed E-state index contributed by atoms with van der Waals surface area (Å²) in [6.07, 6.45) is 2.14. The Morgan fingerprint density at radius 2 is 2.10 bits per heavy atom. The number of aromatic nitrogens is 1. The first-order chi connectivity index (χ1) is 9.65. The first-order valence-corrected chi connectivity index (χ1v) is 6.72. The van der Waals surface area contributed by atoms with Gasteiger partial charge in [0.1, 0.15) is 12.4 Å². The monoisotopic (exact) mass is 336 g/mol. The van der Waals surface area contributed by atoms with Gasteiger partial charge in [-0.15, -0.1) is 0 Å². The molecule has 0 aliphatic carbocycles. The van der Waals surface area contributed by atoms with Gasteiger partial charge in [0.15, 0.2) is 0 Å². The molecule has 0 saturated carbocycles. The lowest BCUT2D eigenvalue weighted by Gasteiger charge is -2.18. The van der Waals surface area contributed by atoms with E-state index in [2.05, 4.69) is 26.2 Å². The fourth-order valence-electron chi connectivity index (χ4n) is 1.71. The van der Waals surface area contributed by atoms with Crippen molar-refractivity contribution in [1.82, 2.24) is 10.3 Å². The molecule has 0 bridgehead atoms. The van der Waals surface area contributed by atoms with Gasteiger partial charge in [-0.05, 0) is 27.6 Å². The van der Waals surface area contributed by atoms with Crippen molar-refractivity contribution in [2.24, 2.45) is 0 Å². The molecule has 1 aromatic carbocycles. The van der Waals surface area contributed by atoms with Gasteiger partial charge < -0.3 is 15.2 Å². The van der Waals surface area contributed by atoms with Crippen molar-refractivity contribution in [1.29, 1.82) is 0 Å². The molecule has 5 nitrogen and oxygen atoms in total. The van der Waals surface area contributed by atoms with E-state index in [1.54, 1.807) is 18.5 Å². The van der Waals surface area contributed by atoms with Gasteiger partial charge in [-0.2, -0.15) is 0 Å². The predicted molar refractivity (Wildman–Crippen MR) is 77.8 cm³/mol. The van der Waals surface area contributed by atoms with E-state index in [0.717, 1.165) is 10.0 Å². The largest absolute Gasteiger partial charge is 0.489 e. The van der Waals surface area contributed by atoms with Crippen molar-refractivity contribution in [3.05, 3.63) is 58.8 Å². The standard InChI is InChI=1S/C14H13BrN2O3/c15-11-6-12(8-16-7-11)20-9-13(17-14(18)19)10-4-2-1-3-5-10/h1-8,13,17H,9H2,(H,18,19). The number of hydrogen-bond acceptors (Lipinski definition) is 3. The molecular formula is C14H13BrN2O3. The SMILES string of the molecule is O=C(O)NC(COc1cncc(Br)c1)c1ccccc1. The molecule has 0 spiro atoms. The molecule has 1 atom stereocenters. The van der Waals surface area contributed by atoms with E-state index in [1.165, 1.54) is 0 Å². The van der Waals surface area contributed by atoms with Crippen LogP contribution in [0, 0.1) is 0 Å². The maximum absolute atomic E-state index is 10.9. The highest BCUT2D eigenvalue weighted by Crippen LogP contribution is 2.19. The van der Waals surface area contributed by atoms with E-state index in [-0.39, 0.29) is 6.61 Å². The number of nitrogens with one attached hydrogen (secondary N) is 1. The number of rotatable bonds is 5. The summed E-state index contributed by atoms with van der Waals surface area (Å²) < 4.78 is 6.39. The number of amides is 1. The minimum atomic E-state index is -1.09. The number of ether oxygens (including phenoxy) is 1. The van der Waals surface area contributed by atoms with Gasteiger partial charge in [-0.1, -0.05) is 30.3 Å². The van der Waals surface area contributed by atoms with Crippen molar-refractivity contribution in [2.45, 2.75) is 6.04 Å². The van der Waals surface area contributed by atoms with Crippen molar-refractivity contribution >= 4 is 22.0 Å². The van der Waals surface area contributed by atoms with E-state index in [4.69, 9.17) is 9.84 Å². The molecule has 0 saturated heterocycles. The summed E-state index contributed by atoms with van der Waals surface area (Å²) in [5, 5.41) is 11.3. The topological polar surface area (TPSA) is 71.5 Å². The van der Waals surface area contributed by atoms with Gasteiger partial charge in [-0.25, -0.2) is 4.79 Å². The number of carbonyl (C=O) groups is 1. The van der Waals surface area contributed by atoms with E-state index >= 15 is 0 Å². The molecule has 2 N–H and O–H groups in total. The lowest BCUT2D eigenvalue weighted by Crippen LogP contribution is -2.31. The Balaban J connectivity index is 2.07. The van der Waals surface area contributed by atoms with Crippen LogP contribution in [0.1, 0.15) is 11.6 Å². The van der Waals surface area contributed by atoms with Crippen LogP contribution in [-0.2, 0) is 0 Å². The number of hydrogen-bond donors (Lipinski definition) is 2. The molecule has 104 valence electrons. The lowest BCUT2D eigenvalue weighted by atomic mass is 10.1. The molecule has 2 rings (SSSR count). The molecule has 0 aliphatic heterocycles. The Kier molecular flexibility index (Phi) is 4.95. The van der Waals surface area contributed by atoms with Gasteiger partial charge >= 0.3 is 6.09 Å². The number of halogens is 1. The highest BCUT2D eigenvalue weighted by molar-refractivity contribution is 9.10. The maximum Gasteiger partial charge on any atom is 0.405 e. The van der Waals surface area contributed by atoms with E-state index < -0.39 is 12.1 Å². The highest BCUT2D eigenvalue weighted by atomic mass is 79.9. The Morgan fingerprint density at radius 3 is 2.75 bits per heavy atom. The summed E-state index contributed by atoms with van der Waals surface area (Å²) in [7, 11) is 0. The number of pyridine rings is 1. The molecule has 0 radical (unpaired) electrons. The van der Waals surface area contributed by atoms with Crippen LogP contribution >= 0.6 is 15.9 Å². The average molecular weight is 337 g/mol. The second-order valence-electron chi connectivity index (χ2n) is 4.06. The van der Waals surface area contributed by atoms with Crippen LogP contribution in [-0.4, -0.2) is 22.8 Å². The van der Waals surface area contributed by atoms with Crippen LogP contribution in [0.5, 0.6) is 5.75 Å². The third kappa shape index (κ3) is 4.24. The van der Waals surface area contributed by atoms with Crippen LogP contribution in [0.15, 0.2) is 53.3 Å². The molecule has 1 aromatic heterocycles. The Labute approximate surface area is 124 Å². The van der Waals surface area contributed by atoms with Crippen molar-refractivity contribution in [2.75, 3.05) is 6.61 Å². The third-order valence-corrected chi connectivity index (χ3v) is 3.03. The smallest absolute Gasteiger partial charge is 0.405 e. The lowest BCUT2D eigenvalue weighted by molar-refractivity contribution is 0.181. The minimum absolute atomic E-state index is 0.189. The normalized spacial score (nSPS) is 11.7. The van der Waals surface area contributed by atoms with Gasteiger partial charge in [0.25, 0.3) is 0 Å². The van der Waals surface area contributed by atoms with Gasteiger partial charge in [0, 0.05) is 10.7 Å².